The van der Waals surface area contributed by atoms with E-state index in [0.29, 0.717) is 11.9 Å². The minimum absolute atomic E-state index is 0.0410. The molecule has 0 radical (unpaired) electrons. The highest BCUT2D eigenvalue weighted by Gasteiger charge is 2.34. The van der Waals surface area contributed by atoms with Gasteiger partial charge in [0.2, 0.25) is 0 Å². The van der Waals surface area contributed by atoms with Gasteiger partial charge in [-0.3, -0.25) is 0 Å². The van der Waals surface area contributed by atoms with Crippen LogP contribution < -0.4 is 4.90 Å². The van der Waals surface area contributed by atoms with Gasteiger partial charge in [0.25, 0.3) is 6.01 Å². The maximum Gasteiger partial charge on any atom is 0.357 e. The number of carbonyl (C=O) groups is 1. The van der Waals surface area contributed by atoms with Gasteiger partial charge in [-0.1, -0.05) is 6.92 Å². The zero-order chi connectivity index (χ0) is 11.0. The summed E-state index contributed by atoms with van der Waals surface area (Å²) < 4.78 is 5.09. The third-order valence-corrected chi connectivity index (χ3v) is 2.82. The van der Waals surface area contributed by atoms with Crippen LogP contribution in [0.25, 0.3) is 0 Å². The van der Waals surface area contributed by atoms with Crippen molar-refractivity contribution in [2.24, 2.45) is 11.8 Å². The predicted octanol–water partition coefficient (Wildman–Crippen LogP) is 1.47. The summed E-state index contributed by atoms with van der Waals surface area (Å²) >= 11 is 0. The van der Waals surface area contributed by atoms with Gasteiger partial charge in [0, 0.05) is 13.6 Å². The first kappa shape index (κ1) is 10.0. The molecule has 0 aliphatic heterocycles. The Morgan fingerprint density at radius 2 is 2.47 bits per heavy atom. The molecule has 0 bridgehead atoms. The second kappa shape index (κ2) is 3.56. The van der Waals surface area contributed by atoms with E-state index in [1.807, 2.05) is 11.9 Å². The minimum atomic E-state index is -1.06. The molecule has 2 unspecified atom stereocenters. The van der Waals surface area contributed by atoms with E-state index >= 15 is 0 Å². The van der Waals surface area contributed by atoms with Gasteiger partial charge < -0.3 is 14.4 Å². The SMILES string of the molecule is CC1CC1CN(C)c1nc(C(=O)O)co1. The lowest BCUT2D eigenvalue weighted by molar-refractivity contribution is 0.0690. The Morgan fingerprint density at radius 1 is 1.80 bits per heavy atom. The normalized spacial score (nSPS) is 23.9. The van der Waals surface area contributed by atoms with Crippen molar-refractivity contribution in [3.05, 3.63) is 12.0 Å². The number of hydrogen-bond acceptors (Lipinski definition) is 4. The second-order valence-corrected chi connectivity index (χ2v) is 4.17. The predicted molar refractivity (Wildman–Crippen MR) is 54.0 cm³/mol. The van der Waals surface area contributed by atoms with Crippen LogP contribution in [0, 0.1) is 11.8 Å². The molecule has 1 heterocycles. The number of carboxylic acid groups (broad SMARTS) is 1. The van der Waals surface area contributed by atoms with Gasteiger partial charge in [0.15, 0.2) is 5.69 Å². The van der Waals surface area contributed by atoms with Crippen molar-refractivity contribution in [3.63, 3.8) is 0 Å². The molecule has 1 N–H and O–H groups in total. The fourth-order valence-electron chi connectivity index (χ4n) is 1.62. The summed E-state index contributed by atoms with van der Waals surface area (Å²) in [5.74, 6) is 0.398. The molecule has 82 valence electrons. The molecular weight excluding hydrogens is 196 g/mol. The number of oxazole rings is 1. The lowest BCUT2D eigenvalue weighted by Crippen LogP contribution is -2.20. The molecule has 0 saturated heterocycles. The molecule has 1 aromatic heterocycles. The van der Waals surface area contributed by atoms with E-state index in [-0.39, 0.29) is 5.69 Å². The zero-order valence-corrected chi connectivity index (χ0v) is 8.80. The standard InChI is InChI=1S/C10H14N2O3/c1-6-3-7(6)4-12(2)10-11-8(5-15-10)9(13)14/h5-7H,3-4H2,1-2H3,(H,13,14). The average molecular weight is 210 g/mol. The van der Waals surface area contributed by atoms with Gasteiger partial charge in [0.1, 0.15) is 6.26 Å². The maximum atomic E-state index is 10.6. The van der Waals surface area contributed by atoms with Crippen molar-refractivity contribution in [1.82, 2.24) is 4.98 Å². The van der Waals surface area contributed by atoms with Crippen LogP contribution in [0.2, 0.25) is 0 Å². The monoisotopic (exact) mass is 210 g/mol. The van der Waals surface area contributed by atoms with Crippen LogP contribution in [0.3, 0.4) is 0 Å². The molecule has 5 heteroatoms. The van der Waals surface area contributed by atoms with Crippen LogP contribution in [-0.4, -0.2) is 29.7 Å². The van der Waals surface area contributed by atoms with Gasteiger partial charge in [-0.15, -0.1) is 0 Å². The molecule has 1 aliphatic carbocycles. The van der Waals surface area contributed by atoms with E-state index in [4.69, 9.17) is 9.52 Å². The Balaban J connectivity index is 1.98. The van der Waals surface area contributed by atoms with E-state index < -0.39 is 5.97 Å². The van der Waals surface area contributed by atoms with Crippen LogP contribution in [-0.2, 0) is 0 Å². The van der Waals surface area contributed by atoms with Crippen LogP contribution in [0.4, 0.5) is 6.01 Å². The molecule has 0 aromatic carbocycles. The summed E-state index contributed by atoms with van der Waals surface area (Å²) in [5, 5.41) is 8.68. The topological polar surface area (TPSA) is 66.6 Å². The molecule has 0 spiro atoms. The summed E-state index contributed by atoms with van der Waals surface area (Å²) in [6, 6.07) is 0.381. The molecular formula is C10H14N2O3. The first-order valence-electron chi connectivity index (χ1n) is 4.98. The van der Waals surface area contributed by atoms with E-state index in [1.165, 1.54) is 12.7 Å². The van der Waals surface area contributed by atoms with Crippen molar-refractivity contribution >= 4 is 12.0 Å². The third kappa shape index (κ3) is 2.11. The molecule has 1 fully saturated rings. The van der Waals surface area contributed by atoms with E-state index in [9.17, 15) is 4.79 Å². The fraction of sp³-hybridized carbons (Fsp3) is 0.600. The lowest BCUT2D eigenvalue weighted by atomic mass is 10.3. The minimum Gasteiger partial charge on any atom is -0.476 e. The largest absolute Gasteiger partial charge is 0.476 e. The van der Waals surface area contributed by atoms with Gasteiger partial charge >= 0.3 is 5.97 Å². The Kier molecular flexibility index (Phi) is 2.38. The van der Waals surface area contributed by atoms with Crippen LogP contribution in [0.15, 0.2) is 10.7 Å². The van der Waals surface area contributed by atoms with Gasteiger partial charge in [-0.25, -0.2) is 4.79 Å². The smallest absolute Gasteiger partial charge is 0.357 e. The molecule has 1 aliphatic rings. The second-order valence-electron chi connectivity index (χ2n) is 4.17. The number of aromatic nitrogens is 1. The maximum absolute atomic E-state index is 10.6. The highest BCUT2D eigenvalue weighted by atomic mass is 16.4. The van der Waals surface area contributed by atoms with Gasteiger partial charge in [0.05, 0.1) is 0 Å². The molecule has 2 atom stereocenters. The van der Waals surface area contributed by atoms with Crippen molar-refractivity contribution < 1.29 is 14.3 Å². The Labute approximate surface area is 87.7 Å². The zero-order valence-electron chi connectivity index (χ0n) is 8.80. The van der Waals surface area contributed by atoms with Gasteiger partial charge in [-0.2, -0.15) is 4.98 Å². The molecule has 1 aromatic rings. The summed E-state index contributed by atoms with van der Waals surface area (Å²) in [4.78, 5) is 16.3. The highest BCUT2D eigenvalue weighted by Crippen LogP contribution is 2.38. The summed E-state index contributed by atoms with van der Waals surface area (Å²) in [6.07, 6.45) is 2.40. The number of rotatable bonds is 4. The molecule has 0 amide bonds. The van der Waals surface area contributed by atoms with Crippen LogP contribution >= 0.6 is 0 Å². The average Bonchev–Trinajstić information content (AvgIpc) is 2.71. The number of carboxylic acids is 1. The lowest BCUT2D eigenvalue weighted by Gasteiger charge is -2.13. The van der Waals surface area contributed by atoms with Crippen molar-refractivity contribution in [2.75, 3.05) is 18.5 Å². The Hall–Kier alpha value is -1.52. The highest BCUT2D eigenvalue weighted by molar-refractivity contribution is 5.85. The fourth-order valence-corrected chi connectivity index (χ4v) is 1.62. The molecule has 2 rings (SSSR count). The number of anilines is 1. The van der Waals surface area contributed by atoms with E-state index in [2.05, 4.69) is 11.9 Å². The van der Waals surface area contributed by atoms with E-state index in [1.54, 1.807) is 0 Å². The molecule has 15 heavy (non-hydrogen) atoms. The first-order valence-corrected chi connectivity index (χ1v) is 4.98. The Morgan fingerprint density at radius 3 is 2.93 bits per heavy atom. The first-order chi connectivity index (χ1) is 7.08. The van der Waals surface area contributed by atoms with Crippen molar-refractivity contribution in [1.29, 1.82) is 0 Å². The summed E-state index contributed by atoms with van der Waals surface area (Å²) in [6.45, 7) is 3.08. The van der Waals surface area contributed by atoms with Crippen LogP contribution in [0.1, 0.15) is 23.8 Å². The summed E-state index contributed by atoms with van der Waals surface area (Å²) in [7, 11) is 1.86. The Bertz CT molecular complexity index is 374. The van der Waals surface area contributed by atoms with Crippen molar-refractivity contribution in [2.45, 2.75) is 13.3 Å². The summed E-state index contributed by atoms with van der Waals surface area (Å²) in [5.41, 5.74) is -0.0410. The number of nitrogens with zero attached hydrogens (tertiary/aromatic N) is 2. The molecule has 1 saturated carbocycles. The number of aromatic carboxylic acids is 1. The van der Waals surface area contributed by atoms with E-state index in [0.717, 1.165) is 12.5 Å². The van der Waals surface area contributed by atoms with Crippen LogP contribution in [0.5, 0.6) is 0 Å². The van der Waals surface area contributed by atoms with Crippen molar-refractivity contribution in [3.8, 4) is 0 Å². The van der Waals surface area contributed by atoms with Gasteiger partial charge in [-0.05, 0) is 18.3 Å². The number of hydrogen-bond donors (Lipinski definition) is 1. The third-order valence-electron chi connectivity index (χ3n) is 2.82. The quantitative estimate of drug-likeness (QED) is 0.815. The molecule has 5 nitrogen and oxygen atoms in total.